The van der Waals surface area contributed by atoms with Gasteiger partial charge in [0.1, 0.15) is 0 Å². The van der Waals surface area contributed by atoms with Crippen LogP contribution in [0.25, 0.3) is 0 Å². The number of piperidine rings is 1. The van der Waals surface area contributed by atoms with E-state index in [1.54, 1.807) is 0 Å². The lowest BCUT2D eigenvalue weighted by molar-refractivity contribution is -0.137. The van der Waals surface area contributed by atoms with Gasteiger partial charge in [-0.3, -0.25) is 4.79 Å². The van der Waals surface area contributed by atoms with Crippen LogP contribution in [-0.4, -0.2) is 44.9 Å². The number of nitrogens with one attached hydrogen (secondary N) is 1. The molecule has 1 atom stereocenters. The van der Waals surface area contributed by atoms with Gasteiger partial charge in [0.15, 0.2) is 0 Å². The van der Waals surface area contributed by atoms with Crippen molar-refractivity contribution in [3.05, 3.63) is 29.8 Å². The first kappa shape index (κ1) is 23.7. The molecule has 6 nitrogen and oxygen atoms in total. The van der Waals surface area contributed by atoms with Crippen molar-refractivity contribution in [2.24, 2.45) is 11.1 Å². The average molecular weight is 430 g/mol. The molecule has 1 aromatic carbocycles. The van der Waals surface area contributed by atoms with E-state index in [9.17, 15) is 26.4 Å². The molecule has 0 bridgehead atoms. The number of carbonyl (C=O) groups excluding carboxylic acids is 1. The predicted molar refractivity (Wildman–Crippen MR) is 96.8 cm³/mol. The van der Waals surface area contributed by atoms with E-state index < -0.39 is 39.1 Å². The molecule has 11 heteroatoms. The molecule has 1 amide bonds. The number of likely N-dealkylation sites (tertiary alicyclic amines) is 1. The van der Waals surface area contributed by atoms with E-state index in [-0.39, 0.29) is 23.9 Å². The Labute approximate surface area is 162 Å². The van der Waals surface area contributed by atoms with Crippen molar-refractivity contribution >= 4 is 28.3 Å². The topological polar surface area (TPSA) is 92.5 Å². The second-order valence-electron chi connectivity index (χ2n) is 7.05. The van der Waals surface area contributed by atoms with Crippen LogP contribution < -0.4 is 10.5 Å². The molecular formula is C16H23ClF3N3O3S. The standard InChI is InChI=1S/C16H22F3N3O3S.ClH/c1-15(2)10-22(7-6-13(15)20)14(23)9-21-26(24,25)12-5-3-4-11(8-12)16(17,18)19;/h3-5,8,13,21H,6-7,9-10,20H2,1-2H3;1H. The Balaban J connectivity index is 0.00000364. The second-order valence-corrected chi connectivity index (χ2v) is 8.82. The van der Waals surface area contributed by atoms with Gasteiger partial charge in [-0.25, -0.2) is 13.1 Å². The second kappa shape index (κ2) is 8.34. The van der Waals surface area contributed by atoms with Gasteiger partial charge in [0, 0.05) is 19.1 Å². The van der Waals surface area contributed by atoms with Crippen molar-refractivity contribution < 1.29 is 26.4 Å². The Morgan fingerprint density at radius 3 is 2.56 bits per heavy atom. The Bertz CT molecular complexity index is 785. The van der Waals surface area contributed by atoms with Gasteiger partial charge in [-0.2, -0.15) is 13.2 Å². The van der Waals surface area contributed by atoms with Crippen LogP contribution in [0.1, 0.15) is 25.8 Å². The highest BCUT2D eigenvalue weighted by atomic mass is 35.5. The average Bonchev–Trinajstić information content (AvgIpc) is 2.54. The minimum absolute atomic E-state index is 0. The highest BCUT2D eigenvalue weighted by Crippen LogP contribution is 2.30. The Morgan fingerprint density at radius 2 is 2.00 bits per heavy atom. The number of halogens is 4. The van der Waals surface area contributed by atoms with Gasteiger partial charge in [-0.1, -0.05) is 19.9 Å². The molecule has 1 aliphatic heterocycles. The molecule has 1 aliphatic rings. The fourth-order valence-electron chi connectivity index (χ4n) is 2.78. The van der Waals surface area contributed by atoms with Crippen molar-refractivity contribution in [2.75, 3.05) is 19.6 Å². The minimum Gasteiger partial charge on any atom is -0.341 e. The molecular weight excluding hydrogens is 407 g/mol. The molecule has 0 aromatic heterocycles. The van der Waals surface area contributed by atoms with E-state index in [1.807, 2.05) is 13.8 Å². The van der Waals surface area contributed by atoms with Gasteiger partial charge in [0.05, 0.1) is 17.0 Å². The minimum atomic E-state index is -4.65. The van der Waals surface area contributed by atoms with E-state index in [2.05, 4.69) is 4.72 Å². The fourth-order valence-corrected chi connectivity index (χ4v) is 3.80. The summed E-state index contributed by atoms with van der Waals surface area (Å²) in [6.45, 7) is 4.12. The highest BCUT2D eigenvalue weighted by molar-refractivity contribution is 7.89. The molecule has 154 valence electrons. The first-order valence-electron chi connectivity index (χ1n) is 8.03. The number of nitrogens with zero attached hydrogens (tertiary/aromatic N) is 1. The largest absolute Gasteiger partial charge is 0.416 e. The summed E-state index contributed by atoms with van der Waals surface area (Å²) in [6, 6.07) is 3.31. The zero-order chi connectivity index (χ0) is 19.8. The Kier molecular flexibility index (Phi) is 7.31. The van der Waals surface area contributed by atoms with Gasteiger partial charge < -0.3 is 10.6 Å². The molecule has 1 unspecified atom stereocenters. The maximum atomic E-state index is 12.7. The number of benzene rings is 1. The molecule has 1 fully saturated rings. The molecule has 2 rings (SSSR count). The molecule has 0 spiro atoms. The van der Waals surface area contributed by atoms with Crippen LogP contribution in [-0.2, 0) is 21.0 Å². The van der Waals surface area contributed by atoms with E-state index in [0.29, 0.717) is 25.6 Å². The number of amides is 1. The number of carbonyl (C=O) groups is 1. The smallest absolute Gasteiger partial charge is 0.341 e. The molecule has 0 radical (unpaired) electrons. The Morgan fingerprint density at radius 1 is 1.37 bits per heavy atom. The quantitative estimate of drug-likeness (QED) is 0.765. The lowest BCUT2D eigenvalue weighted by atomic mass is 9.80. The number of sulfonamides is 1. The number of nitrogens with two attached hydrogens (primary N) is 1. The van der Waals surface area contributed by atoms with Crippen molar-refractivity contribution in [3.63, 3.8) is 0 Å². The van der Waals surface area contributed by atoms with Crippen LogP contribution in [0.15, 0.2) is 29.2 Å². The van der Waals surface area contributed by atoms with Crippen LogP contribution in [0, 0.1) is 5.41 Å². The zero-order valence-electron chi connectivity index (χ0n) is 14.9. The van der Waals surface area contributed by atoms with E-state index in [0.717, 1.165) is 18.2 Å². The summed E-state index contributed by atoms with van der Waals surface area (Å²) in [5.41, 5.74) is 4.63. The first-order valence-corrected chi connectivity index (χ1v) is 9.51. The van der Waals surface area contributed by atoms with Crippen molar-refractivity contribution in [2.45, 2.75) is 37.4 Å². The molecule has 0 aliphatic carbocycles. The van der Waals surface area contributed by atoms with Crippen LogP contribution in [0.3, 0.4) is 0 Å². The van der Waals surface area contributed by atoms with Gasteiger partial charge in [0.25, 0.3) is 0 Å². The number of hydrogen-bond acceptors (Lipinski definition) is 4. The third-order valence-corrected chi connectivity index (χ3v) is 5.95. The lowest BCUT2D eigenvalue weighted by Crippen LogP contribution is -2.55. The van der Waals surface area contributed by atoms with Crippen molar-refractivity contribution in [1.29, 1.82) is 0 Å². The lowest BCUT2D eigenvalue weighted by Gasteiger charge is -2.42. The third-order valence-electron chi connectivity index (χ3n) is 4.55. The van der Waals surface area contributed by atoms with E-state index in [4.69, 9.17) is 5.73 Å². The van der Waals surface area contributed by atoms with Crippen molar-refractivity contribution in [3.8, 4) is 0 Å². The fraction of sp³-hybridized carbons (Fsp3) is 0.562. The van der Waals surface area contributed by atoms with E-state index in [1.165, 1.54) is 4.90 Å². The van der Waals surface area contributed by atoms with Crippen LogP contribution in [0.2, 0.25) is 0 Å². The summed E-state index contributed by atoms with van der Waals surface area (Å²) in [5.74, 6) is -0.444. The summed E-state index contributed by atoms with van der Waals surface area (Å²) in [6.07, 6.45) is -4.06. The maximum absolute atomic E-state index is 12.7. The summed E-state index contributed by atoms with van der Waals surface area (Å²) < 4.78 is 64.7. The van der Waals surface area contributed by atoms with Gasteiger partial charge in [0.2, 0.25) is 15.9 Å². The summed E-state index contributed by atoms with van der Waals surface area (Å²) >= 11 is 0. The van der Waals surface area contributed by atoms with Gasteiger partial charge in [-0.15, -0.1) is 12.4 Å². The number of hydrogen-bond donors (Lipinski definition) is 2. The number of alkyl halides is 3. The predicted octanol–water partition coefficient (Wildman–Crippen LogP) is 1.99. The van der Waals surface area contributed by atoms with Crippen molar-refractivity contribution in [1.82, 2.24) is 9.62 Å². The van der Waals surface area contributed by atoms with Gasteiger partial charge >= 0.3 is 6.18 Å². The van der Waals surface area contributed by atoms with Crippen LogP contribution >= 0.6 is 12.4 Å². The van der Waals surface area contributed by atoms with Crippen LogP contribution in [0.4, 0.5) is 13.2 Å². The van der Waals surface area contributed by atoms with Crippen LogP contribution in [0.5, 0.6) is 0 Å². The molecule has 27 heavy (non-hydrogen) atoms. The number of rotatable bonds is 4. The highest BCUT2D eigenvalue weighted by Gasteiger charge is 2.36. The Hall–Kier alpha value is -1.36. The molecule has 1 saturated heterocycles. The first-order chi connectivity index (χ1) is 11.8. The SMILES string of the molecule is CC1(C)CN(C(=O)CNS(=O)(=O)c2cccc(C(F)(F)F)c2)CCC1N.Cl. The molecule has 1 aromatic rings. The molecule has 1 heterocycles. The van der Waals surface area contributed by atoms with Gasteiger partial charge in [-0.05, 0) is 30.0 Å². The molecule has 0 saturated carbocycles. The normalized spacial score (nSPS) is 20.1. The van der Waals surface area contributed by atoms with E-state index >= 15 is 0 Å². The summed E-state index contributed by atoms with van der Waals surface area (Å²) in [5, 5.41) is 0. The molecule has 3 N–H and O–H groups in total. The third kappa shape index (κ3) is 5.81. The summed E-state index contributed by atoms with van der Waals surface area (Å²) in [7, 11) is -4.24. The summed E-state index contributed by atoms with van der Waals surface area (Å²) in [4.78, 5) is 13.2. The zero-order valence-corrected chi connectivity index (χ0v) is 16.5. The monoisotopic (exact) mass is 429 g/mol. The maximum Gasteiger partial charge on any atom is 0.416 e.